The summed E-state index contributed by atoms with van der Waals surface area (Å²) in [4.78, 5) is 23.6. The second-order valence-electron chi connectivity index (χ2n) is 9.26. The fraction of sp³-hybridized carbons (Fsp3) is 0.522. The molecule has 2 heterocycles. The van der Waals surface area contributed by atoms with Crippen LogP contribution in [0.3, 0.4) is 0 Å². The van der Waals surface area contributed by atoms with E-state index in [0.29, 0.717) is 20.4 Å². The van der Waals surface area contributed by atoms with Gasteiger partial charge in [-0.1, -0.05) is 6.92 Å². The lowest BCUT2D eigenvalue weighted by molar-refractivity contribution is -0.242. The lowest BCUT2D eigenvalue weighted by Crippen LogP contribution is -2.48. The Hall–Kier alpha value is -3.49. The molecule has 0 saturated carbocycles. The van der Waals surface area contributed by atoms with Crippen LogP contribution < -0.4 is 19.7 Å². The zero-order chi connectivity index (χ0) is 28.5. The zero-order valence-corrected chi connectivity index (χ0v) is 22.4. The summed E-state index contributed by atoms with van der Waals surface area (Å²) in [5, 5.41) is 9.06. The van der Waals surface area contributed by atoms with Crippen molar-refractivity contribution in [1.82, 2.24) is 15.1 Å². The number of carbonyl (C=O) groups is 2. The van der Waals surface area contributed by atoms with E-state index in [1.165, 1.54) is 36.0 Å². The lowest BCUT2D eigenvalue weighted by atomic mass is 10.1. The molecular weight excluding hydrogens is 531 g/mol. The second kappa shape index (κ2) is 10.7. The number of rotatable bonds is 8. The fourth-order valence-corrected chi connectivity index (χ4v) is 5.30. The Morgan fingerprint density at radius 1 is 1.26 bits per heavy atom. The number of amides is 2. The third-order valence-corrected chi connectivity index (χ3v) is 7.55. The van der Waals surface area contributed by atoms with Crippen molar-refractivity contribution in [3.05, 3.63) is 30.1 Å². The van der Waals surface area contributed by atoms with Gasteiger partial charge < -0.3 is 14.8 Å². The molecule has 0 aliphatic carbocycles. The third-order valence-electron chi connectivity index (χ3n) is 5.67. The first kappa shape index (κ1) is 29.1. The monoisotopic (exact) mass is 561 g/mol. The molecule has 0 radical (unpaired) electrons. The van der Waals surface area contributed by atoms with Gasteiger partial charge >= 0.3 is 12.3 Å². The molecule has 0 spiro atoms. The molecule has 15 heteroatoms. The normalized spacial score (nSPS) is 15.9. The highest BCUT2D eigenvalue weighted by Crippen LogP contribution is 2.40. The molecule has 1 aromatic heterocycles. The van der Waals surface area contributed by atoms with Crippen molar-refractivity contribution in [2.45, 2.75) is 70.4 Å². The summed E-state index contributed by atoms with van der Waals surface area (Å²) >= 11 is 0. The molecule has 1 aliphatic heterocycles. The Labute approximate surface area is 218 Å². The number of halogens is 3. The fourth-order valence-electron chi connectivity index (χ4n) is 3.63. The van der Waals surface area contributed by atoms with Gasteiger partial charge in [0.25, 0.3) is 10.0 Å². The Kier molecular flexibility index (Phi) is 8.19. The van der Waals surface area contributed by atoms with Crippen LogP contribution in [0.1, 0.15) is 39.8 Å². The predicted octanol–water partition coefficient (Wildman–Crippen LogP) is 3.58. The minimum atomic E-state index is -4.80. The van der Waals surface area contributed by atoms with Crippen LogP contribution in [0.25, 0.3) is 0 Å². The molecule has 1 aliphatic rings. The summed E-state index contributed by atoms with van der Waals surface area (Å²) in [6.07, 6.45) is -4.77. The van der Waals surface area contributed by atoms with Crippen LogP contribution in [0.4, 0.5) is 29.3 Å². The number of anilines is 2. The van der Waals surface area contributed by atoms with Crippen LogP contribution in [0.5, 0.6) is 5.75 Å². The predicted molar refractivity (Wildman–Crippen MR) is 132 cm³/mol. The van der Waals surface area contributed by atoms with Crippen molar-refractivity contribution in [1.29, 1.82) is 0 Å². The highest BCUT2D eigenvalue weighted by Gasteiger charge is 2.51. The molecule has 2 N–H and O–H groups in total. The molecule has 0 bridgehead atoms. The molecule has 11 nitrogen and oxygen atoms in total. The molecular formula is C23H30F3N5O6S. The van der Waals surface area contributed by atoms with Crippen LogP contribution in [-0.4, -0.2) is 61.2 Å². The summed E-state index contributed by atoms with van der Waals surface area (Å²) in [6, 6.07) is 3.96. The van der Waals surface area contributed by atoms with E-state index in [9.17, 15) is 31.2 Å². The molecule has 0 fully saturated rings. The van der Waals surface area contributed by atoms with Crippen LogP contribution in [-0.2, 0) is 26.1 Å². The van der Waals surface area contributed by atoms with Gasteiger partial charge in [-0.05, 0) is 45.4 Å². The highest BCUT2D eigenvalue weighted by molar-refractivity contribution is 7.92. The number of benzene rings is 1. The molecule has 0 saturated heterocycles. The molecule has 1 aromatic carbocycles. The van der Waals surface area contributed by atoms with Crippen molar-refractivity contribution in [2.24, 2.45) is 0 Å². The van der Waals surface area contributed by atoms with Crippen molar-refractivity contribution >= 4 is 33.4 Å². The number of hydrogen-bond acceptors (Lipinski definition) is 7. The van der Waals surface area contributed by atoms with Crippen molar-refractivity contribution in [3.8, 4) is 5.75 Å². The van der Waals surface area contributed by atoms with Gasteiger partial charge in [-0.15, -0.1) is 0 Å². The van der Waals surface area contributed by atoms with E-state index in [2.05, 4.69) is 20.5 Å². The Bertz CT molecular complexity index is 1310. The van der Waals surface area contributed by atoms with E-state index in [0.717, 1.165) is 10.7 Å². The highest BCUT2D eigenvalue weighted by atomic mass is 32.2. The van der Waals surface area contributed by atoms with E-state index >= 15 is 0 Å². The molecule has 2 amide bonds. The number of alkyl halides is 3. The van der Waals surface area contributed by atoms with E-state index < -0.39 is 34.0 Å². The minimum Gasteiger partial charge on any atom is -0.484 e. The van der Waals surface area contributed by atoms with Crippen LogP contribution in [0.2, 0.25) is 0 Å². The van der Waals surface area contributed by atoms with E-state index in [-0.39, 0.29) is 46.7 Å². The van der Waals surface area contributed by atoms with Gasteiger partial charge in [0, 0.05) is 25.4 Å². The van der Waals surface area contributed by atoms with Crippen molar-refractivity contribution in [3.63, 3.8) is 0 Å². The first-order valence-corrected chi connectivity index (χ1v) is 13.2. The summed E-state index contributed by atoms with van der Waals surface area (Å²) in [5.74, 6) is -0.200. The lowest BCUT2D eigenvalue weighted by Gasteiger charge is -2.35. The van der Waals surface area contributed by atoms with Gasteiger partial charge in [0.15, 0.2) is 0 Å². The number of sulfonamides is 1. The topological polar surface area (TPSA) is 132 Å². The third kappa shape index (κ3) is 6.31. The number of aromatic nitrogens is 2. The molecule has 210 valence electrons. The van der Waals surface area contributed by atoms with Crippen LogP contribution >= 0.6 is 0 Å². The number of nitrogens with one attached hydrogen (secondary N) is 2. The van der Waals surface area contributed by atoms with Crippen LogP contribution in [0.15, 0.2) is 29.3 Å². The Balaban J connectivity index is 1.98. The first-order valence-electron chi connectivity index (χ1n) is 11.7. The smallest absolute Gasteiger partial charge is 0.427 e. The van der Waals surface area contributed by atoms with Gasteiger partial charge in [-0.2, -0.15) is 18.3 Å². The number of nitrogens with zero attached hydrogens (tertiary/aromatic N) is 3. The van der Waals surface area contributed by atoms with E-state index in [1.54, 1.807) is 6.92 Å². The number of ether oxygens (including phenoxy) is 2. The SMILES string of the molecule is CCCn1cc(S(=O)(=O)N2C[C@H](CNC(C)=O)Oc3ccc(NC(=O)OC(C)(C)C(F)(F)F)cc32)c(C)n1. The molecule has 1 atom stereocenters. The van der Waals surface area contributed by atoms with Crippen LogP contribution in [0, 0.1) is 6.92 Å². The van der Waals surface area contributed by atoms with Gasteiger partial charge in [0.05, 0.1) is 24.5 Å². The number of aryl methyl sites for hydroxylation is 2. The second-order valence-corrected chi connectivity index (χ2v) is 11.1. The standard InChI is InChI=1S/C23H30F3N5O6S/c1-6-9-30-13-20(14(2)29-30)38(34,35)31-12-17(11-27-15(3)32)36-19-8-7-16(10-18(19)31)28-21(33)37-22(4,5)23(24,25)26/h7-8,10,13,17H,6,9,11-12H2,1-5H3,(H,27,32)(H,28,33)/t17-/m0/s1. The summed E-state index contributed by atoms with van der Waals surface area (Å²) in [6.45, 7) is 6.54. The average molecular weight is 562 g/mol. The maximum absolute atomic E-state index is 13.8. The van der Waals surface area contributed by atoms with Gasteiger partial charge in [0.2, 0.25) is 11.5 Å². The number of carbonyl (C=O) groups excluding carboxylic acids is 2. The van der Waals surface area contributed by atoms with E-state index in [4.69, 9.17) is 4.74 Å². The van der Waals surface area contributed by atoms with Gasteiger partial charge in [0.1, 0.15) is 16.7 Å². The zero-order valence-electron chi connectivity index (χ0n) is 21.5. The van der Waals surface area contributed by atoms with Crippen molar-refractivity contribution < 1.29 is 40.7 Å². The Morgan fingerprint density at radius 2 is 1.95 bits per heavy atom. The molecule has 2 aromatic rings. The summed E-state index contributed by atoms with van der Waals surface area (Å²) < 4.78 is 79.9. The molecule has 38 heavy (non-hydrogen) atoms. The first-order chi connectivity index (χ1) is 17.5. The maximum atomic E-state index is 13.8. The summed E-state index contributed by atoms with van der Waals surface area (Å²) in [7, 11) is -4.20. The molecule has 0 unspecified atom stereocenters. The van der Waals surface area contributed by atoms with Gasteiger partial charge in [-0.3, -0.25) is 19.1 Å². The number of fused-ring (bicyclic) bond motifs is 1. The van der Waals surface area contributed by atoms with E-state index in [1.807, 2.05) is 6.92 Å². The molecule has 3 rings (SSSR count). The summed E-state index contributed by atoms with van der Waals surface area (Å²) in [5.41, 5.74) is -2.46. The Morgan fingerprint density at radius 3 is 2.55 bits per heavy atom. The van der Waals surface area contributed by atoms with Crippen molar-refractivity contribution in [2.75, 3.05) is 22.7 Å². The number of hydrogen-bond donors (Lipinski definition) is 2. The average Bonchev–Trinajstić information content (AvgIpc) is 3.17. The maximum Gasteiger partial charge on any atom is 0.427 e. The minimum absolute atomic E-state index is 0.0192. The van der Waals surface area contributed by atoms with Gasteiger partial charge in [-0.25, -0.2) is 13.2 Å². The quantitative estimate of drug-likeness (QED) is 0.504. The largest absolute Gasteiger partial charge is 0.484 e.